The van der Waals surface area contributed by atoms with Crippen molar-refractivity contribution in [2.75, 3.05) is 31.1 Å². The number of hydrogen-bond acceptors (Lipinski definition) is 3. The maximum atomic E-state index is 12.5. The first-order chi connectivity index (χ1) is 10.4. The molecule has 1 aliphatic carbocycles. The van der Waals surface area contributed by atoms with Gasteiger partial charge in [-0.3, -0.25) is 4.79 Å². The summed E-state index contributed by atoms with van der Waals surface area (Å²) in [6, 6.07) is 2.44. The Morgan fingerprint density at radius 2 is 1.82 bits per heavy atom. The van der Waals surface area contributed by atoms with Gasteiger partial charge in [0.2, 0.25) is 5.91 Å². The van der Waals surface area contributed by atoms with Gasteiger partial charge in [-0.15, -0.1) is 0 Å². The Hall–Kier alpha value is -1.79. The van der Waals surface area contributed by atoms with Gasteiger partial charge in [0.05, 0.1) is 5.56 Å². The second-order valence-corrected chi connectivity index (χ2v) is 5.84. The zero-order valence-corrected chi connectivity index (χ0v) is 12.1. The summed E-state index contributed by atoms with van der Waals surface area (Å²) < 4.78 is 37.6. The van der Waals surface area contributed by atoms with Gasteiger partial charge in [-0.1, -0.05) is 6.42 Å². The number of aromatic nitrogens is 1. The fourth-order valence-corrected chi connectivity index (χ4v) is 2.81. The topological polar surface area (TPSA) is 36.4 Å². The number of carbonyl (C=O) groups is 1. The molecule has 0 spiro atoms. The predicted molar refractivity (Wildman–Crippen MR) is 75.4 cm³/mol. The number of anilines is 1. The molecule has 0 atom stereocenters. The fraction of sp³-hybridized carbons (Fsp3) is 0.600. The monoisotopic (exact) mass is 313 g/mol. The number of rotatable bonds is 2. The lowest BCUT2D eigenvalue weighted by atomic mass is 9.84. The number of alkyl halides is 3. The van der Waals surface area contributed by atoms with Crippen molar-refractivity contribution in [3.63, 3.8) is 0 Å². The molecule has 1 amide bonds. The van der Waals surface area contributed by atoms with Crippen LogP contribution in [0.3, 0.4) is 0 Å². The summed E-state index contributed by atoms with van der Waals surface area (Å²) in [7, 11) is 0. The Bertz CT molecular complexity index is 532. The fourth-order valence-electron chi connectivity index (χ4n) is 2.81. The maximum Gasteiger partial charge on any atom is 0.417 e. The highest BCUT2D eigenvalue weighted by Crippen LogP contribution is 2.30. The molecular weight excluding hydrogens is 295 g/mol. The third-order valence-electron chi connectivity index (χ3n) is 4.44. The Labute approximate surface area is 126 Å². The average molecular weight is 313 g/mol. The van der Waals surface area contributed by atoms with Crippen LogP contribution in [0.5, 0.6) is 0 Å². The third kappa shape index (κ3) is 3.03. The quantitative estimate of drug-likeness (QED) is 0.842. The van der Waals surface area contributed by atoms with Crippen LogP contribution in [0.1, 0.15) is 24.8 Å². The molecule has 2 fully saturated rings. The molecule has 4 nitrogen and oxygen atoms in total. The van der Waals surface area contributed by atoms with Crippen molar-refractivity contribution in [2.45, 2.75) is 25.4 Å². The SMILES string of the molecule is O=C(C1CCC1)N1CCN(c2ccc(C(F)(F)F)cn2)CC1. The molecule has 2 heterocycles. The van der Waals surface area contributed by atoms with Gasteiger partial charge in [0.15, 0.2) is 0 Å². The van der Waals surface area contributed by atoms with E-state index in [2.05, 4.69) is 4.98 Å². The molecule has 1 aliphatic heterocycles. The smallest absolute Gasteiger partial charge is 0.353 e. The third-order valence-corrected chi connectivity index (χ3v) is 4.44. The summed E-state index contributed by atoms with van der Waals surface area (Å²) in [4.78, 5) is 19.8. The number of pyridine rings is 1. The van der Waals surface area contributed by atoms with E-state index in [1.54, 1.807) is 0 Å². The van der Waals surface area contributed by atoms with E-state index in [0.717, 1.165) is 31.5 Å². The molecule has 1 saturated heterocycles. The Balaban J connectivity index is 1.58. The number of amides is 1. The molecule has 1 aromatic rings. The molecule has 0 bridgehead atoms. The molecule has 0 unspecified atom stereocenters. The summed E-state index contributed by atoms with van der Waals surface area (Å²) in [5.41, 5.74) is -0.741. The molecule has 120 valence electrons. The minimum Gasteiger partial charge on any atom is -0.353 e. The molecule has 1 saturated carbocycles. The van der Waals surface area contributed by atoms with Crippen molar-refractivity contribution < 1.29 is 18.0 Å². The number of halogens is 3. The summed E-state index contributed by atoms with van der Waals surface area (Å²) in [6.07, 6.45) is -0.397. The normalized spacial score (nSPS) is 20.0. The van der Waals surface area contributed by atoms with Gasteiger partial charge < -0.3 is 9.80 Å². The van der Waals surface area contributed by atoms with E-state index in [-0.39, 0.29) is 11.8 Å². The Morgan fingerprint density at radius 3 is 2.27 bits per heavy atom. The van der Waals surface area contributed by atoms with Crippen molar-refractivity contribution in [3.05, 3.63) is 23.9 Å². The van der Waals surface area contributed by atoms with Gasteiger partial charge in [-0.05, 0) is 25.0 Å². The lowest BCUT2D eigenvalue weighted by Gasteiger charge is -2.38. The molecular formula is C15H18F3N3O. The molecule has 2 aliphatic rings. The van der Waals surface area contributed by atoms with Crippen LogP contribution in [0.2, 0.25) is 0 Å². The maximum absolute atomic E-state index is 12.5. The highest BCUT2D eigenvalue weighted by molar-refractivity contribution is 5.79. The first-order valence-corrected chi connectivity index (χ1v) is 7.52. The summed E-state index contributed by atoms with van der Waals surface area (Å²) in [5, 5.41) is 0. The van der Waals surface area contributed by atoms with Gasteiger partial charge in [-0.25, -0.2) is 4.98 Å². The molecule has 7 heteroatoms. The van der Waals surface area contributed by atoms with Gasteiger partial charge >= 0.3 is 6.18 Å². The second kappa shape index (κ2) is 5.78. The molecule has 3 rings (SSSR count). The predicted octanol–water partition coefficient (Wildman–Crippen LogP) is 2.55. The first-order valence-electron chi connectivity index (χ1n) is 7.52. The molecule has 0 radical (unpaired) electrons. The van der Waals surface area contributed by atoms with Crippen LogP contribution in [0.25, 0.3) is 0 Å². The van der Waals surface area contributed by atoms with E-state index in [4.69, 9.17) is 0 Å². The summed E-state index contributed by atoms with van der Waals surface area (Å²) >= 11 is 0. The van der Waals surface area contributed by atoms with Crippen LogP contribution in [0.15, 0.2) is 18.3 Å². The Kier molecular flexibility index (Phi) is 3.97. The van der Waals surface area contributed by atoms with Gasteiger partial charge in [0.1, 0.15) is 5.82 Å². The second-order valence-electron chi connectivity index (χ2n) is 5.84. The molecule has 1 aromatic heterocycles. The summed E-state index contributed by atoms with van der Waals surface area (Å²) in [6.45, 7) is 2.43. The van der Waals surface area contributed by atoms with Crippen molar-refractivity contribution in [2.24, 2.45) is 5.92 Å². The minimum atomic E-state index is -4.36. The van der Waals surface area contributed by atoms with Crippen molar-refractivity contribution >= 4 is 11.7 Å². The van der Waals surface area contributed by atoms with Crippen LogP contribution in [-0.4, -0.2) is 42.0 Å². The van der Waals surface area contributed by atoms with E-state index in [0.29, 0.717) is 32.0 Å². The Morgan fingerprint density at radius 1 is 1.14 bits per heavy atom. The number of nitrogens with zero attached hydrogens (tertiary/aromatic N) is 3. The lowest BCUT2D eigenvalue weighted by molar-refractivity contribution is -0.139. The van der Waals surface area contributed by atoms with Crippen molar-refractivity contribution in [3.8, 4) is 0 Å². The first kappa shape index (κ1) is 15.1. The van der Waals surface area contributed by atoms with Crippen LogP contribution in [0.4, 0.5) is 19.0 Å². The van der Waals surface area contributed by atoms with Crippen LogP contribution < -0.4 is 4.90 Å². The zero-order valence-electron chi connectivity index (χ0n) is 12.1. The van der Waals surface area contributed by atoms with E-state index < -0.39 is 11.7 Å². The van der Waals surface area contributed by atoms with Crippen LogP contribution in [-0.2, 0) is 11.0 Å². The largest absolute Gasteiger partial charge is 0.417 e. The zero-order chi connectivity index (χ0) is 15.7. The van der Waals surface area contributed by atoms with E-state index in [1.165, 1.54) is 6.07 Å². The van der Waals surface area contributed by atoms with E-state index in [1.807, 2.05) is 9.80 Å². The van der Waals surface area contributed by atoms with Gasteiger partial charge in [-0.2, -0.15) is 13.2 Å². The highest BCUT2D eigenvalue weighted by atomic mass is 19.4. The van der Waals surface area contributed by atoms with E-state index >= 15 is 0 Å². The standard InChI is InChI=1S/C15H18F3N3O/c16-15(17,18)12-4-5-13(19-10-12)20-6-8-21(9-7-20)14(22)11-2-1-3-11/h4-5,10-11H,1-3,6-9H2. The van der Waals surface area contributed by atoms with Crippen molar-refractivity contribution in [1.82, 2.24) is 9.88 Å². The highest BCUT2D eigenvalue weighted by Gasteiger charge is 2.32. The average Bonchev–Trinajstić information content (AvgIpc) is 2.45. The minimum absolute atomic E-state index is 0.191. The summed E-state index contributed by atoms with van der Waals surface area (Å²) in [5.74, 6) is 0.950. The van der Waals surface area contributed by atoms with Crippen LogP contribution in [0, 0.1) is 5.92 Å². The molecule has 0 aromatic carbocycles. The molecule has 22 heavy (non-hydrogen) atoms. The number of carbonyl (C=O) groups excluding carboxylic acids is 1. The number of piperazine rings is 1. The molecule has 0 N–H and O–H groups in total. The van der Waals surface area contributed by atoms with E-state index in [9.17, 15) is 18.0 Å². The van der Waals surface area contributed by atoms with Crippen LogP contribution >= 0.6 is 0 Å². The van der Waals surface area contributed by atoms with Gasteiger partial charge in [0.25, 0.3) is 0 Å². The van der Waals surface area contributed by atoms with Gasteiger partial charge in [0, 0.05) is 38.3 Å². The lowest BCUT2D eigenvalue weighted by Crippen LogP contribution is -2.51. The number of hydrogen-bond donors (Lipinski definition) is 0. The van der Waals surface area contributed by atoms with Crippen molar-refractivity contribution in [1.29, 1.82) is 0 Å².